The minimum absolute atomic E-state index is 0.174. The normalized spacial score (nSPS) is 11.2. The number of ether oxygens (including phenoxy) is 1. The molecule has 0 heterocycles. The summed E-state index contributed by atoms with van der Waals surface area (Å²) in [6.45, 7) is 0. The molecule has 0 fully saturated rings. The Bertz CT molecular complexity index is 621. The van der Waals surface area contributed by atoms with Crippen molar-refractivity contribution in [3.63, 3.8) is 0 Å². The molecule has 0 spiro atoms. The number of hydrogen-bond acceptors (Lipinski definition) is 2. The molecule has 20 heavy (non-hydrogen) atoms. The maximum atomic E-state index is 12.4. The summed E-state index contributed by atoms with van der Waals surface area (Å²) in [5, 5.41) is 8.83. The van der Waals surface area contributed by atoms with Crippen molar-refractivity contribution >= 4 is 5.97 Å². The Kier molecular flexibility index (Phi) is 3.65. The molecule has 2 aromatic rings. The van der Waals surface area contributed by atoms with E-state index >= 15 is 0 Å². The molecule has 0 saturated heterocycles. The van der Waals surface area contributed by atoms with Gasteiger partial charge >= 0.3 is 12.3 Å². The van der Waals surface area contributed by atoms with Crippen LogP contribution in [0.3, 0.4) is 0 Å². The zero-order chi connectivity index (χ0) is 14.8. The molecule has 3 nitrogen and oxygen atoms in total. The maximum absolute atomic E-state index is 12.4. The van der Waals surface area contributed by atoms with Crippen molar-refractivity contribution in [2.45, 2.75) is 6.36 Å². The van der Waals surface area contributed by atoms with Crippen molar-refractivity contribution < 1.29 is 27.8 Å². The standard InChI is InChI=1S/C14H9F3O3/c15-14(16,17)20-12-8-10(13(18)19)6-7-11(12)9-4-2-1-3-5-9/h1-8H,(H,18,19). The molecule has 0 aromatic heterocycles. The summed E-state index contributed by atoms with van der Waals surface area (Å²) in [5.74, 6) is -1.86. The third kappa shape index (κ3) is 3.28. The first kappa shape index (κ1) is 13.9. The molecule has 0 unspecified atom stereocenters. The summed E-state index contributed by atoms with van der Waals surface area (Å²) in [4.78, 5) is 10.8. The fourth-order valence-corrected chi connectivity index (χ4v) is 1.72. The molecule has 2 rings (SSSR count). The van der Waals surface area contributed by atoms with Crippen LogP contribution < -0.4 is 4.74 Å². The van der Waals surface area contributed by atoms with Crippen LogP contribution in [0.15, 0.2) is 48.5 Å². The van der Waals surface area contributed by atoms with Gasteiger partial charge in [-0.15, -0.1) is 13.2 Å². The number of halogens is 3. The second kappa shape index (κ2) is 5.24. The number of aromatic carboxylic acids is 1. The molecule has 6 heteroatoms. The van der Waals surface area contributed by atoms with Crippen LogP contribution in [0, 0.1) is 0 Å². The molecule has 0 aliphatic rings. The molecule has 2 aromatic carbocycles. The second-order valence-electron chi connectivity index (χ2n) is 3.93. The van der Waals surface area contributed by atoms with E-state index < -0.39 is 18.1 Å². The molecular weight excluding hydrogens is 273 g/mol. The van der Waals surface area contributed by atoms with Crippen LogP contribution in [0.4, 0.5) is 13.2 Å². The number of hydrogen-bond donors (Lipinski definition) is 1. The number of benzene rings is 2. The molecule has 0 aliphatic heterocycles. The molecule has 0 amide bonds. The van der Waals surface area contributed by atoms with E-state index in [0.717, 1.165) is 6.07 Å². The topological polar surface area (TPSA) is 46.5 Å². The van der Waals surface area contributed by atoms with Crippen molar-refractivity contribution in [3.05, 3.63) is 54.1 Å². The van der Waals surface area contributed by atoms with Crippen molar-refractivity contribution in [2.75, 3.05) is 0 Å². The van der Waals surface area contributed by atoms with Crippen LogP contribution in [-0.4, -0.2) is 17.4 Å². The van der Waals surface area contributed by atoms with E-state index in [2.05, 4.69) is 4.74 Å². The van der Waals surface area contributed by atoms with Crippen LogP contribution in [0.25, 0.3) is 11.1 Å². The molecule has 0 bridgehead atoms. The Morgan fingerprint density at radius 3 is 2.25 bits per heavy atom. The first-order chi connectivity index (χ1) is 9.37. The molecule has 0 saturated carbocycles. The van der Waals surface area contributed by atoms with Crippen molar-refractivity contribution in [1.82, 2.24) is 0 Å². The minimum Gasteiger partial charge on any atom is -0.478 e. The SMILES string of the molecule is O=C(O)c1ccc(-c2ccccc2)c(OC(F)(F)F)c1. The monoisotopic (exact) mass is 282 g/mol. The van der Waals surface area contributed by atoms with E-state index in [4.69, 9.17) is 5.11 Å². The average molecular weight is 282 g/mol. The van der Waals surface area contributed by atoms with Gasteiger partial charge in [0, 0.05) is 5.56 Å². The molecule has 0 aliphatic carbocycles. The Labute approximate surface area is 112 Å². The van der Waals surface area contributed by atoms with E-state index in [1.54, 1.807) is 30.3 Å². The lowest BCUT2D eigenvalue weighted by Crippen LogP contribution is -2.18. The van der Waals surface area contributed by atoms with Gasteiger partial charge in [0.1, 0.15) is 5.75 Å². The number of alkyl halides is 3. The predicted octanol–water partition coefficient (Wildman–Crippen LogP) is 3.95. The van der Waals surface area contributed by atoms with Crippen LogP contribution in [0.5, 0.6) is 5.75 Å². The Hall–Kier alpha value is -2.50. The van der Waals surface area contributed by atoms with Crippen molar-refractivity contribution in [1.29, 1.82) is 0 Å². The van der Waals surface area contributed by atoms with Gasteiger partial charge in [-0.25, -0.2) is 4.79 Å². The highest BCUT2D eigenvalue weighted by Crippen LogP contribution is 2.34. The van der Waals surface area contributed by atoms with Gasteiger partial charge in [0.2, 0.25) is 0 Å². The first-order valence-electron chi connectivity index (χ1n) is 5.55. The number of carboxylic acid groups (broad SMARTS) is 1. The summed E-state index contributed by atoms with van der Waals surface area (Å²) >= 11 is 0. The van der Waals surface area contributed by atoms with Crippen LogP contribution in [0.2, 0.25) is 0 Å². The van der Waals surface area contributed by atoms with Gasteiger partial charge in [-0.1, -0.05) is 30.3 Å². The smallest absolute Gasteiger partial charge is 0.478 e. The van der Waals surface area contributed by atoms with Gasteiger partial charge in [0.25, 0.3) is 0 Å². The van der Waals surface area contributed by atoms with E-state index in [-0.39, 0.29) is 11.1 Å². The minimum atomic E-state index is -4.89. The molecule has 0 atom stereocenters. The summed E-state index contributed by atoms with van der Waals surface area (Å²) in [6.07, 6.45) is -4.89. The number of rotatable bonds is 3. The lowest BCUT2D eigenvalue weighted by Gasteiger charge is -2.14. The zero-order valence-corrected chi connectivity index (χ0v) is 10.0. The van der Waals surface area contributed by atoms with Gasteiger partial charge in [-0.3, -0.25) is 0 Å². The average Bonchev–Trinajstić information content (AvgIpc) is 2.37. The zero-order valence-electron chi connectivity index (χ0n) is 10.0. The van der Waals surface area contributed by atoms with E-state index in [9.17, 15) is 18.0 Å². The summed E-state index contributed by atoms with van der Waals surface area (Å²) < 4.78 is 41.1. The lowest BCUT2D eigenvalue weighted by atomic mass is 10.0. The number of carbonyl (C=O) groups is 1. The highest BCUT2D eigenvalue weighted by Gasteiger charge is 2.32. The van der Waals surface area contributed by atoms with Crippen LogP contribution >= 0.6 is 0 Å². The predicted molar refractivity (Wildman–Crippen MR) is 65.5 cm³/mol. The largest absolute Gasteiger partial charge is 0.573 e. The Morgan fingerprint density at radius 2 is 1.70 bits per heavy atom. The van der Waals surface area contributed by atoms with Gasteiger partial charge in [-0.05, 0) is 23.8 Å². The van der Waals surface area contributed by atoms with Gasteiger partial charge in [0.05, 0.1) is 5.56 Å². The summed E-state index contributed by atoms with van der Waals surface area (Å²) in [5.41, 5.74) is 0.403. The fourth-order valence-electron chi connectivity index (χ4n) is 1.72. The number of carboxylic acids is 1. The van der Waals surface area contributed by atoms with Crippen LogP contribution in [-0.2, 0) is 0 Å². The Balaban J connectivity index is 2.53. The van der Waals surface area contributed by atoms with E-state index in [1.807, 2.05) is 0 Å². The van der Waals surface area contributed by atoms with Crippen LogP contribution in [0.1, 0.15) is 10.4 Å². The second-order valence-corrected chi connectivity index (χ2v) is 3.93. The third-order valence-corrected chi connectivity index (χ3v) is 2.54. The quantitative estimate of drug-likeness (QED) is 0.927. The van der Waals surface area contributed by atoms with Crippen molar-refractivity contribution in [3.8, 4) is 16.9 Å². The molecule has 0 radical (unpaired) electrons. The first-order valence-corrected chi connectivity index (χ1v) is 5.55. The summed E-state index contributed by atoms with van der Waals surface area (Å²) in [7, 11) is 0. The van der Waals surface area contributed by atoms with Gasteiger partial charge < -0.3 is 9.84 Å². The lowest BCUT2D eigenvalue weighted by molar-refractivity contribution is -0.274. The van der Waals surface area contributed by atoms with E-state index in [0.29, 0.717) is 5.56 Å². The molecule has 1 N–H and O–H groups in total. The van der Waals surface area contributed by atoms with E-state index in [1.165, 1.54) is 12.1 Å². The summed E-state index contributed by atoms with van der Waals surface area (Å²) in [6, 6.07) is 11.7. The fraction of sp³-hybridized carbons (Fsp3) is 0.0714. The van der Waals surface area contributed by atoms with Gasteiger partial charge in [-0.2, -0.15) is 0 Å². The van der Waals surface area contributed by atoms with Gasteiger partial charge in [0.15, 0.2) is 0 Å². The molecule has 104 valence electrons. The maximum Gasteiger partial charge on any atom is 0.573 e. The van der Waals surface area contributed by atoms with Crippen molar-refractivity contribution in [2.24, 2.45) is 0 Å². The third-order valence-electron chi connectivity index (χ3n) is 2.54. The molecular formula is C14H9F3O3. The highest BCUT2D eigenvalue weighted by atomic mass is 19.4. The Morgan fingerprint density at radius 1 is 1.05 bits per heavy atom. The highest BCUT2D eigenvalue weighted by molar-refractivity contribution is 5.89.